The van der Waals surface area contributed by atoms with E-state index in [2.05, 4.69) is 37.9 Å². The monoisotopic (exact) mass is 202 g/mol. The van der Waals surface area contributed by atoms with Gasteiger partial charge in [0, 0.05) is 25.2 Å². The molecule has 0 bridgehead atoms. The largest absolute Gasteiger partial charge is 0.465 e. The maximum absolute atomic E-state index is 10.2. The van der Waals surface area contributed by atoms with Crippen LogP contribution in [0.2, 0.25) is 0 Å². The average Bonchev–Trinajstić information content (AvgIpc) is 2.01. The summed E-state index contributed by atoms with van der Waals surface area (Å²) < 4.78 is 0. The summed E-state index contributed by atoms with van der Waals surface area (Å²) in [6.07, 6.45) is -0.0755. The summed E-state index contributed by atoms with van der Waals surface area (Å²) >= 11 is 0. The molecule has 14 heavy (non-hydrogen) atoms. The van der Waals surface area contributed by atoms with E-state index in [1.807, 2.05) is 0 Å². The topological polar surface area (TPSA) is 52.6 Å². The lowest BCUT2D eigenvalue weighted by Gasteiger charge is -2.30. The van der Waals surface area contributed by atoms with Crippen molar-refractivity contribution in [2.75, 3.05) is 13.1 Å². The van der Waals surface area contributed by atoms with Crippen LogP contribution in [0.4, 0.5) is 4.79 Å². The van der Waals surface area contributed by atoms with Gasteiger partial charge in [-0.3, -0.25) is 4.90 Å². The molecule has 0 saturated carbocycles. The van der Waals surface area contributed by atoms with Gasteiger partial charge in [0.2, 0.25) is 0 Å². The molecule has 0 unspecified atom stereocenters. The molecule has 0 aliphatic heterocycles. The molecule has 0 saturated heterocycles. The Morgan fingerprint density at radius 1 is 1.29 bits per heavy atom. The SMILES string of the molecule is CC(C)N(CCCNC(=O)O)C(C)C. The van der Waals surface area contributed by atoms with Gasteiger partial charge in [0.05, 0.1) is 0 Å². The van der Waals surface area contributed by atoms with Crippen molar-refractivity contribution in [3.8, 4) is 0 Å². The van der Waals surface area contributed by atoms with E-state index in [-0.39, 0.29) is 0 Å². The van der Waals surface area contributed by atoms with Crippen molar-refractivity contribution >= 4 is 6.09 Å². The molecule has 2 N–H and O–H groups in total. The normalized spacial score (nSPS) is 11.4. The third-order valence-corrected chi connectivity index (χ3v) is 2.20. The maximum atomic E-state index is 10.2. The van der Waals surface area contributed by atoms with Crippen LogP contribution in [-0.2, 0) is 0 Å². The number of carboxylic acid groups (broad SMARTS) is 1. The number of nitrogens with one attached hydrogen (secondary N) is 1. The van der Waals surface area contributed by atoms with Crippen LogP contribution in [0.5, 0.6) is 0 Å². The number of carbonyl (C=O) groups is 1. The number of amides is 1. The smallest absolute Gasteiger partial charge is 0.404 e. The average molecular weight is 202 g/mol. The van der Waals surface area contributed by atoms with E-state index in [4.69, 9.17) is 5.11 Å². The molecule has 4 nitrogen and oxygen atoms in total. The number of nitrogens with zero attached hydrogens (tertiary/aromatic N) is 1. The highest BCUT2D eigenvalue weighted by Crippen LogP contribution is 2.04. The van der Waals surface area contributed by atoms with Crippen LogP contribution in [-0.4, -0.2) is 41.3 Å². The molecule has 0 aliphatic carbocycles. The predicted molar refractivity (Wildman–Crippen MR) is 57.6 cm³/mol. The molecule has 84 valence electrons. The summed E-state index contributed by atoms with van der Waals surface area (Å²) in [5.74, 6) is 0. The van der Waals surface area contributed by atoms with Gasteiger partial charge < -0.3 is 10.4 Å². The molecular weight excluding hydrogens is 180 g/mol. The lowest BCUT2D eigenvalue weighted by atomic mass is 10.2. The molecule has 0 fully saturated rings. The summed E-state index contributed by atoms with van der Waals surface area (Å²) in [5.41, 5.74) is 0. The minimum Gasteiger partial charge on any atom is -0.465 e. The van der Waals surface area contributed by atoms with Crippen molar-refractivity contribution in [2.24, 2.45) is 0 Å². The zero-order chi connectivity index (χ0) is 11.1. The van der Waals surface area contributed by atoms with Crippen LogP contribution in [0, 0.1) is 0 Å². The molecule has 0 aromatic carbocycles. The van der Waals surface area contributed by atoms with E-state index >= 15 is 0 Å². The minimum atomic E-state index is -0.939. The standard InChI is InChI=1S/C10H22N2O2/c1-8(2)12(9(3)4)7-5-6-11-10(13)14/h8-9,11H,5-7H2,1-4H3,(H,13,14). The van der Waals surface area contributed by atoms with Crippen LogP contribution in [0.15, 0.2) is 0 Å². The molecule has 0 aliphatic rings. The van der Waals surface area contributed by atoms with Gasteiger partial charge in [-0.05, 0) is 34.1 Å². The predicted octanol–water partition coefficient (Wildman–Crippen LogP) is 1.76. The van der Waals surface area contributed by atoms with Crippen LogP contribution >= 0.6 is 0 Å². The molecule has 0 rings (SSSR count). The summed E-state index contributed by atoms with van der Waals surface area (Å²) in [6, 6.07) is 1.03. The molecule has 1 amide bonds. The van der Waals surface area contributed by atoms with Gasteiger partial charge in [0.25, 0.3) is 0 Å². The highest BCUT2D eigenvalue weighted by molar-refractivity contribution is 5.64. The van der Waals surface area contributed by atoms with E-state index in [0.29, 0.717) is 18.6 Å². The minimum absolute atomic E-state index is 0.514. The highest BCUT2D eigenvalue weighted by Gasteiger charge is 2.12. The van der Waals surface area contributed by atoms with E-state index in [1.165, 1.54) is 0 Å². The van der Waals surface area contributed by atoms with Gasteiger partial charge in [-0.25, -0.2) is 4.79 Å². The Morgan fingerprint density at radius 2 is 1.79 bits per heavy atom. The van der Waals surface area contributed by atoms with E-state index in [1.54, 1.807) is 0 Å². The molecule has 0 aromatic rings. The van der Waals surface area contributed by atoms with Crippen LogP contribution in [0.3, 0.4) is 0 Å². The van der Waals surface area contributed by atoms with E-state index in [9.17, 15) is 4.79 Å². The Morgan fingerprint density at radius 3 is 2.14 bits per heavy atom. The first-order valence-corrected chi connectivity index (χ1v) is 5.17. The molecule has 0 atom stereocenters. The molecule has 4 heteroatoms. The fraction of sp³-hybridized carbons (Fsp3) is 0.900. The number of hydrogen-bond donors (Lipinski definition) is 2. The first-order chi connectivity index (χ1) is 6.45. The first-order valence-electron chi connectivity index (χ1n) is 5.17. The third-order valence-electron chi connectivity index (χ3n) is 2.20. The van der Waals surface area contributed by atoms with Crippen LogP contribution < -0.4 is 5.32 Å². The fourth-order valence-corrected chi connectivity index (χ4v) is 1.57. The Bertz CT molecular complexity index is 162. The second-order valence-corrected chi connectivity index (χ2v) is 4.01. The molecular formula is C10H22N2O2. The summed E-state index contributed by atoms with van der Waals surface area (Å²) in [7, 11) is 0. The van der Waals surface area contributed by atoms with E-state index in [0.717, 1.165) is 13.0 Å². The van der Waals surface area contributed by atoms with Crippen molar-refractivity contribution < 1.29 is 9.90 Å². The second kappa shape index (κ2) is 6.65. The Balaban J connectivity index is 3.67. The van der Waals surface area contributed by atoms with Crippen molar-refractivity contribution in [2.45, 2.75) is 46.2 Å². The zero-order valence-corrected chi connectivity index (χ0v) is 9.58. The van der Waals surface area contributed by atoms with Gasteiger partial charge in [-0.2, -0.15) is 0 Å². The van der Waals surface area contributed by atoms with Gasteiger partial charge >= 0.3 is 6.09 Å². The molecule has 0 aromatic heterocycles. The maximum Gasteiger partial charge on any atom is 0.404 e. The van der Waals surface area contributed by atoms with E-state index < -0.39 is 6.09 Å². The third kappa shape index (κ3) is 5.80. The Hall–Kier alpha value is -0.770. The summed E-state index contributed by atoms with van der Waals surface area (Å²) in [5, 5.41) is 10.7. The molecule has 0 radical (unpaired) electrons. The van der Waals surface area contributed by atoms with Crippen LogP contribution in [0.25, 0.3) is 0 Å². The van der Waals surface area contributed by atoms with Crippen molar-refractivity contribution in [1.82, 2.24) is 10.2 Å². The van der Waals surface area contributed by atoms with Crippen molar-refractivity contribution in [3.05, 3.63) is 0 Å². The second-order valence-electron chi connectivity index (χ2n) is 4.01. The summed E-state index contributed by atoms with van der Waals surface area (Å²) in [4.78, 5) is 12.5. The Labute approximate surface area is 86.3 Å². The van der Waals surface area contributed by atoms with Crippen LogP contribution in [0.1, 0.15) is 34.1 Å². The fourth-order valence-electron chi connectivity index (χ4n) is 1.57. The van der Waals surface area contributed by atoms with Gasteiger partial charge in [0.15, 0.2) is 0 Å². The zero-order valence-electron chi connectivity index (χ0n) is 9.58. The lowest BCUT2D eigenvalue weighted by Crippen LogP contribution is -2.39. The number of rotatable bonds is 6. The van der Waals surface area contributed by atoms with Crippen molar-refractivity contribution in [1.29, 1.82) is 0 Å². The quantitative estimate of drug-likeness (QED) is 0.645. The summed E-state index contributed by atoms with van der Waals surface area (Å²) in [6.45, 7) is 10.1. The number of hydrogen-bond acceptors (Lipinski definition) is 2. The van der Waals surface area contributed by atoms with Crippen molar-refractivity contribution in [3.63, 3.8) is 0 Å². The lowest BCUT2D eigenvalue weighted by molar-refractivity contribution is 0.170. The van der Waals surface area contributed by atoms with Gasteiger partial charge in [-0.1, -0.05) is 0 Å². The molecule has 0 heterocycles. The van der Waals surface area contributed by atoms with Gasteiger partial charge in [0.1, 0.15) is 0 Å². The van der Waals surface area contributed by atoms with Gasteiger partial charge in [-0.15, -0.1) is 0 Å². The first kappa shape index (κ1) is 13.2. The Kier molecular flexibility index (Phi) is 6.28. The molecule has 0 spiro atoms. The highest BCUT2D eigenvalue weighted by atomic mass is 16.4.